The lowest BCUT2D eigenvalue weighted by Crippen LogP contribution is -2.51. The third-order valence-electron chi connectivity index (χ3n) is 4.06. The first-order valence-corrected chi connectivity index (χ1v) is 7.66. The van der Waals surface area contributed by atoms with Gasteiger partial charge in [-0.2, -0.15) is 0 Å². The second-order valence-corrected chi connectivity index (χ2v) is 6.31. The quantitative estimate of drug-likeness (QED) is 0.702. The van der Waals surface area contributed by atoms with Crippen LogP contribution in [0, 0.1) is 5.92 Å². The standard InChI is InChI=1S/C15H28N2O4/c1-5-7-17(8-13(18)16-15(3,4)6-2)12-10-21-9-11(12)14(19)20/h11-12H,5-10H2,1-4H3,(H,16,18)(H,19,20). The fraction of sp³-hybridized carbons (Fsp3) is 0.867. The highest BCUT2D eigenvalue weighted by molar-refractivity contribution is 5.79. The molecule has 0 aromatic heterocycles. The molecule has 21 heavy (non-hydrogen) atoms. The number of aliphatic carboxylic acids is 1. The molecule has 2 N–H and O–H groups in total. The van der Waals surface area contributed by atoms with Crippen LogP contribution >= 0.6 is 0 Å². The Hall–Kier alpha value is -1.14. The molecule has 1 amide bonds. The smallest absolute Gasteiger partial charge is 0.310 e. The summed E-state index contributed by atoms with van der Waals surface area (Å²) in [6, 6.07) is -0.224. The van der Waals surface area contributed by atoms with E-state index in [1.54, 1.807) is 0 Å². The van der Waals surface area contributed by atoms with Gasteiger partial charge >= 0.3 is 5.97 Å². The molecule has 0 spiro atoms. The zero-order valence-corrected chi connectivity index (χ0v) is 13.5. The van der Waals surface area contributed by atoms with Crippen LogP contribution in [0.15, 0.2) is 0 Å². The van der Waals surface area contributed by atoms with Gasteiger partial charge in [-0.15, -0.1) is 0 Å². The number of carbonyl (C=O) groups is 2. The van der Waals surface area contributed by atoms with Gasteiger partial charge in [0.05, 0.1) is 25.7 Å². The maximum absolute atomic E-state index is 12.2. The van der Waals surface area contributed by atoms with Crippen LogP contribution in [0.1, 0.15) is 40.5 Å². The van der Waals surface area contributed by atoms with Gasteiger partial charge in [0.15, 0.2) is 0 Å². The first kappa shape index (κ1) is 17.9. The van der Waals surface area contributed by atoms with E-state index in [0.29, 0.717) is 13.2 Å². The van der Waals surface area contributed by atoms with Crippen molar-refractivity contribution in [1.82, 2.24) is 10.2 Å². The Morgan fingerprint density at radius 1 is 1.33 bits per heavy atom. The highest BCUT2D eigenvalue weighted by Gasteiger charge is 2.38. The SMILES string of the molecule is CCCN(CC(=O)NC(C)(C)CC)C1COCC1C(=O)O. The van der Waals surface area contributed by atoms with Gasteiger partial charge in [0, 0.05) is 11.6 Å². The molecule has 0 saturated carbocycles. The number of carbonyl (C=O) groups excluding carboxylic acids is 1. The molecule has 2 atom stereocenters. The molecule has 0 bridgehead atoms. The summed E-state index contributed by atoms with van der Waals surface area (Å²) in [5.74, 6) is -1.47. The second kappa shape index (κ2) is 7.75. The Kier molecular flexibility index (Phi) is 6.61. The summed E-state index contributed by atoms with van der Waals surface area (Å²) >= 11 is 0. The van der Waals surface area contributed by atoms with Crippen LogP contribution in [0.3, 0.4) is 0 Å². The highest BCUT2D eigenvalue weighted by atomic mass is 16.5. The predicted molar refractivity (Wildman–Crippen MR) is 80.1 cm³/mol. The van der Waals surface area contributed by atoms with Gasteiger partial charge in [0.25, 0.3) is 0 Å². The normalized spacial score (nSPS) is 22.5. The van der Waals surface area contributed by atoms with E-state index in [1.807, 2.05) is 32.6 Å². The molecule has 1 heterocycles. The molecule has 1 aliphatic rings. The summed E-state index contributed by atoms with van der Waals surface area (Å²) in [6.07, 6.45) is 1.71. The van der Waals surface area contributed by atoms with Crippen LogP contribution in [0.4, 0.5) is 0 Å². The molecular formula is C15H28N2O4. The average molecular weight is 300 g/mol. The number of nitrogens with one attached hydrogen (secondary N) is 1. The van der Waals surface area contributed by atoms with Gasteiger partial charge in [-0.25, -0.2) is 0 Å². The molecule has 1 fully saturated rings. The van der Waals surface area contributed by atoms with Crippen LogP contribution in [0.2, 0.25) is 0 Å². The van der Waals surface area contributed by atoms with E-state index in [4.69, 9.17) is 4.74 Å². The van der Waals surface area contributed by atoms with Gasteiger partial charge in [-0.3, -0.25) is 14.5 Å². The zero-order chi connectivity index (χ0) is 16.0. The first-order chi connectivity index (χ1) is 9.80. The molecule has 1 aliphatic heterocycles. The fourth-order valence-corrected chi connectivity index (χ4v) is 2.48. The molecule has 0 aliphatic carbocycles. The molecule has 6 nitrogen and oxygen atoms in total. The number of amides is 1. The largest absolute Gasteiger partial charge is 0.481 e. The van der Waals surface area contributed by atoms with Gasteiger partial charge in [-0.05, 0) is 33.2 Å². The lowest BCUT2D eigenvalue weighted by Gasteiger charge is -2.31. The van der Waals surface area contributed by atoms with Crippen molar-refractivity contribution in [3.63, 3.8) is 0 Å². The van der Waals surface area contributed by atoms with Crippen molar-refractivity contribution < 1.29 is 19.4 Å². The van der Waals surface area contributed by atoms with Crippen molar-refractivity contribution in [2.45, 2.75) is 52.1 Å². The van der Waals surface area contributed by atoms with Gasteiger partial charge in [0.2, 0.25) is 5.91 Å². The number of rotatable bonds is 8. The van der Waals surface area contributed by atoms with Gasteiger partial charge in [-0.1, -0.05) is 13.8 Å². The van der Waals surface area contributed by atoms with Gasteiger partial charge < -0.3 is 15.2 Å². The van der Waals surface area contributed by atoms with Crippen LogP contribution in [0.5, 0.6) is 0 Å². The van der Waals surface area contributed by atoms with E-state index >= 15 is 0 Å². The number of carboxylic acids is 1. The van der Waals surface area contributed by atoms with Crippen LogP contribution in [-0.4, -0.2) is 59.8 Å². The van der Waals surface area contributed by atoms with E-state index in [1.165, 1.54) is 0 Å². The fourth-order valence-electron chi connectivity index (χ4n) is 2.48. The number of carboxylic acid groups (broad SMARTS) is 1. The van der Waals surface area contributed by atoms with Crippen molar-refractivity contribution in [2.75, 3.05) is 26.3 Å². The maximum atomic E-state index is 12.2. The van der Waals surface area contributed by atoms with Crippen LogP contribution in [0.25, 0.3) is 0 Å². The Labute approximate surface area is 126 Å². The first-order valence-electron chi connectivity index (χ1n) is 7.66. The molecule has 0 aromatic rings. The summed E-state index contributed by atoms with van der Waals surface area (Å²) in [5, 5.41) is 12.2. The molecule has 122 valence electrons. The van der Waals surface area contributed by atoms with E-state index in [2.05, 4.69) is 5.32 Å². The van der Waals surface area contributed by atoms with Crippen molar-refractivity contribution >= 4 is 11.9 Å². The second-order valence-electron chi connectivity index (χ2n) is 6.31. The molecule has 0 aromatic carbocycles. The third kappa shape index (κ3) is 5.28. The molecule has 6 heteroatoms. The minimum absolute atomic E-state index is 0.0636. The van der Waals surface area contributed by atoms with E-state index < -0.39 is 11.9 Å². The number of hydrogen-bond acceptors (Lipinski definition) is 4. The van der Waals surface area contributed by atoms with Crippen LogP contribution < -0.4 is 5.32 Å². The number of hydrogen-bond donors (Lipinski definition) is 2. The molecule has 1 saturated heterocycles. The molecule has 0 radical (unpaired) electrons. The van der Waals surface area contributed by atoms with Crippen molar-refractivity contribution in [3.05, 3.63) is 0 Å². The van der Waals surface area contributed by atoms with E-state index in [0.717, 1.165) is 12.8 Å². The lowest BCUT2D eigenvalue weighted by molar-refractivity contribution is -0.143. The summed E-state index contributed by atoms with van der Waals surface area (Å²) in [7, 11) is 0. The Bertz CT molecular complexity index is 371. The highest BCUT2D eigenvalue weighted by Crippen LogP contribution is 2.20. The number of nitrogens with zero attached hydrogens (tertiary/aromatic N) is 1. The summed E-state index contributed by atoms with van der Waals surface area (Å²) < 4.78 is 5.31. The average Bonchev–Trinajstić information content (AvgIpc) is 2.86. The van der Waals surface area contributed by atoms with Crippen molar-refractivity contribution in [3.8, 4) is 0 Å². The summed E-state index contributed by atoms with van der Waals surface area (Å²) in [5.41, 5.74) is -0.243. The van der Waals surface area contributed by atoms with E-state index in [-0.39, 0.29) is 30.6 Å². The Morgan fingerprint density at radius 3 is 2.52 bits per heavy atom. The molecule has 1 rings (SSSR count). The Morgan fingerprint density at radius 2 is 2.00 bits per heavy atom. The Balaban J connectivity index is 2.69. The predicted octanol–water partition coefficient (Wildman–Crippen LogP) is 1.10. The topological polar surface area (TPSA) is 78.9 Å². The van der Waals surface area contributed by atoms with Crippen molar-refractivity contribution in [1.29, 1.82) is 0 Å². The zero-order valence-electron chi connectivity index (χ0n) is 13.5. The van der Waals surface area contributed by atoms with E-state index in [9.17, 15) is 14.7 Å². The lowest BCUT2D eigenvalue weighted by atomic mass is 10.0. The minimum Gasteiger partial charge on any atom is -0.481 e. The molecular weight excluding hydrogens is 272 g/mol. The van der Waals surface area contributed by atoms with Crippen LogP contribution in [-0.2, 0) is 14.3 Å². The van der Waals surface area contributed by atoms with Gasteiger partial charge in [0.1, 0.15) is 0 Å². The molecule has 2 unspecified atom stereocenters. The monoisotopic (exact) mass is 300 g/mol. The number of ether oxygens (including phenoxy) is 1. The minimum atomic E-state index is -0.854. The summed E-state index contributed by atoms with van der Waals surface area (Å²) in [6.45, 7) is 9.51. The third-order valence-corrected chi connectivity index (χ3v) is 4.06. The summed E-state index contributed by atoms with van der Waals surface area (Å²) in [4.78, 5) is 25.4. The van der Waals surface area contributed by atoms with Crippen molar-refractivity contribution in [2.24, 2.45) is 5.92 Å². The maximum Gasteiger partial charge on any atom is 0.310 e.